The molecule has 8 heteroatoms. The van der Waals surface area contributed by atoms with Crippen molar-refractivity contribution in [2.24, 2.45) is 10.4 Å². The molecule has 1 fully saturated rings. The molecule has 3 rings (SSSR count). The summed E-state index contributed by atoms with van der Waals surface area (Å²) in [6, 6.07) is 10.5. The molecule has 1 aliphatic heterocycles. The number of hydrogen-bond acceptors (Lipinski definition) is 4. The Balaban J connectivity index is 0.00000320. The largest absolute Gasteiger partial charge is 0.396 e. The van der Waals surface area contributed by atoms with E-state index < -0.39 is 0 Å². The molecule has 1 saturated heterocycles. The van der Waals surface area contributed by atoms with Crippen molar-refractivity contribution in [3.63, 3.8) is 0 Å². The summed E-state index contributed by atoms with van der Waals surface area (Å²) in [6.45, 7) is 6.60. The van der Waals surface area contributed by atoms with Crippen LogP contribution in [-0.4, -0.2) is 53.5 Å². The van der Waals surface area contributed by atoms with Crippen LogP contribution in [0.5, 0.6) is 0 Å². The van der Waals surface area contributed by atoms with Crippen LogP contribution in [0.1, 0.15) is 31.2 Å². The van der Waals surface area contributed by atoms with Crippen LogP contribution >= 0.6 is 24.0 Å². The molecule has 2 aromatic rings. The van der Waals surface area contributed by atoms with Gasteiger partial charge in [-0.15, -0.1) is 24.0 Å². The van der Waals surface area contributed by atoms with Gasteiger partial charge in [-0.3, -0.25) is 0 Å². The van der Waals surface area contributed by atoms with Gasteiger partial charge in [-0.1, -0.05) is 30.3 Å². The second-order valence-corrected chi connectivity index (χ2v) is 7.60. The molecule has 0 radical (unpaired) electrons. The van der Waals surface area contributed by atoms with Crippen LogP contribution < -0.4 is 10.6 Å². The highest BCUT2D eigenvalue weighted by Crippen LogP contribution is 2.31. The lowest BCUT2D eigenvalue weighted by Crippen LogP contribution is -2.44. The van der Waals surface area contributed by atoms with Gasteiger partial charge in [-0.05, 0) is 31.7 Å². The molecule has 1 aromatic heterocycles. The number of nitrogens with zero attached hydrogens (tertiary/aromatic N) is 3. The minimum Gasteiger partial charge on any atom is -0.396 e. The molecule has 3 N–H and O–H groups in total. The number of aliphatic imine (C=N–C) groups is 1. The predicted molar refractivity (Wildman–Crippen MR) is 130 cm³/mol. The molecule has 166 valence electrons. The highest BCUT2D eigenvalue weighted by Gasteiger charge is 2.34. The van der Waals surface area contributed by atoms with Crippen molar-refractivity contribution < 1.29 is 9.84 Å². The zero-order valence-corrected chi connectivity index (χ0v) is 20.0. The van der Waals surface area contributed by atoms with E-state index in [0.29, 0.717) is 13.2 Å². The maximum Gasteiger partial charge on any atom is 0.191 e. The minimum absolute atomic E-state index is 0. The molecule has 1 aliphatic rings. The first kappa shape index (κ1) is 24.6. The molecular formula is C22H34IN5O2. The van der Waals surface area contributed by atoms with E-state index >= 15 is 0 Å². The molecule has 7 nitrogen and oxygen atoms in total. The number of imidazole rings is 1. The Bertz CT molecular complexity index is 760. The van der Waals surface area contributed by atoms with Gasteiger partial charge >= 0.3 is 0 Å². The Kier molecular flexibility index (Phi) is 10.6. The summed E-state index contributed by atoms with van der Waals surface area (Å²) in [5, 5.41) is 16.2. The number of nitrogens with one attached hydrogen (secondary N) is 2. The number of aryl methyl sites for hydroxylation is 2. The van der Waals surface area contributed by atoms with Crippen LogP contribution in [0.25, 0.3) is 0 Å². The Morgan fingerprint density at radius 1 is 1.30 bits per heavy atom. The van der Waals surface area contributed by atoms with E-state index in [1.165, 1.54) is 5.56 Å². The summed E-state index contributed by atoms with van der Waals surface area (Å²) in [7, 11) is 0. The summed E-state index contributed by atoms with van der Waals surface area (Å²) in [5.74, 6) is 1.72. The molecule has 0 aliphatic carbocycles. The molecule has 30 heavy (non-hydrogen) atoms. The number of aliphatic hydroxyl groups is 1. The number of aromatic nitrogens is 2. The third-order valence-corrected chi connectivity index (χ3v) is 5.47. The first-order chi connectivity index (χ1) is 14.2. The van der Waals surface area contributed by atoms with Gasteiger partial charge in [0.05, 0.1) is 6.61 Å². The molecule has 0 spiro atoms. The Hall–Kier alpha value is -1.65. The molecule has 1 atom stereocenters. The number of halogens is 1. The minimum atomic E-state index is -0.0148. The van der Waals surface area contributed by atoms with Crippen molar-refractivity contribution in [2.45, 2.75) is 39.3 Å². The standard InChI is InChI=1S/C22H33N5O2.HI/c1-2-23-21(26-17-22(9-14-28)10-15-29-18-22)25-16-20-24-11-13-27(20)12-8-19-6-4-3-5-7-19;/h3-7,11,13,28H,2,8-10,12,14-18H2,1H3,(H2,23,25,26);1H. The molecule has 0 saturated carbocycles. The fourth-order valence-corrected chi connectivity index (χ4v) is 3.66. The van der Waals surface area contributed by atoms with E-state index in [-0.39, 0.29) is 36.0 Å². The van der Waals surface area contributed by atoms with Gasteiger partial charge in [-0.2, -0.15) is 0 Å². The zero-order valence-electron chi connectivity index (χ0n) is 17.7. The van der Waals surface area contributed by atoms with E-state index in [1.807, 2.05) is 18.5 Å². The molecule has 0 amide bonds. The average molecular weight is 527 g/mol. The normalized spacial score (nSPS) is 18.8. The quantitative estimate of drug-likeness (QED) is 0.252. The predicted octanol–water partition coefficient (Wildman–Crippen LogP) is 2.59. The summed E-state index contributed by atoms with van der Waals surface area (Å²) < 4.78 is 7.74. The van der Waals surface area contributed by atoms with E-state index in [0.717, 1.165) is 57.3 Å². The van der Waals surface area contributed by atoms with Gasteiger partial charge in [0, 0.05) is 50.7 Å². The number of guanidine groups is 1. The number of hydrogen-bond donors (Lipinski definition) is 3. The van der Waals surface area contributed by atoms with Gasteiger partial charge in [0.2, 0.25) is 0 Å². The van der Waals surface area contributed by atoms with Crippen molar-refractivity contribution in [2.75, 3.05) is 32.9 Å². The second-order valence-electron chi connectivity index (χ2n) is 7.60. The van der Waals surface area contributed by atoms with Crippen LogP contribution in [-0.2, 0) is 24.2 Å². The van der Waals surface area contributed by atoms with Crippen molar-refractivity contribution in [3.05, 3.63) is 54.1 Å². The van der Waals surface area contributed by atoms with Crippen LogP contribution in [0.4, 0.5) is 0 Å². The van der Waals surface area contributed by atoms with Gasteiger partial charge in [-0.25, -0.2) is 9.98 Å². The van der Waals surface area contributed by atoms with Crippen molar-refractivity contribution in [1.82, 2.24) is 20.2 Å². The summed E-state index contributed by atoms with van der Waals surface area (Å²) >= 11 is 0. The first-order valence-electron chi connectivity index (χ1n) is 10.5. The van der Waals surface area contributed by atoms with Crippen LogP contribution in [0.2, 0.25) is 0 Å². The Morgan fingerprint density at radius 3 is 2.83 bits per heavy atom. The summed E-state index contributed by atoms with van der Waals surface area (Å²) in [4.78, 5) is 9.22. The zero-order chi connectivity index (χ0) is 20.4. The Morgan fingerprint density at radius 2 is 2.13 bits per heavy atom. The topological polar surface area (TPSA) is 83.7 Å². The highest BCUT2D eigenvalue weighted by atomic mass is 127. The van der Waals surface area contributed by atoms with Crippen molar-refractivity contribution in [1.29, 1.82) is 0 Å². The lowest BCUT2D eigenvalue weighted by molar-refractivity contribution is 0.127. The second kappa shape index (κ2) is 12.9. The summed E-state index contributed by atoms with van der Waals surface area (Å²) in [5.41, 5.74) is 1.30. The smallest absolute Gasteiger partial charge is 0.191 e. The Labute approximate surface area is 196 Å². The fourth-order valence-electron chi connectivity index (χ4n) is 3.66. The van der Waals surface area contributed by atoms with Crippen LogP contribution in [0, 0.1) is 5.41 Å². The fraction of sp³-hybridized carbons (Fsp3) is 0.545. The monoisotopic (exact) mass is 527 g/mol. The molecule has 1 aromatic carbocycles. The van der Waals surface area contributed by atoms with E-state index in [2.05, 4.69) is 51.4 Å². The van der Waals surface area contributed by atoms with E-state index in [1.54, 1.807) is 0 Å². The van der Waals surface area contributed by atoms with Crippen molar-refractivity contribution >= 4 is 29.9 Å². The number of benzene rings is 1. The first-order valence-corrected chi connectivity index (χ1v) is 10.5. The highest BCUT2D eigenvalue weighted by molar-refractivity contribution is 14.0. The third kappa shape index (κ3) is 7.24. The lowest BCUT2D eigenvalue weighted by atomic mass is 9.84. The van der Waals surface area contributed by atoms with E-state index in [9.17, 15) is 5.11 Å². The summed E-state index contributed by atoms with van der Waals surface area (Å²) in [6.07, 6.45) is 6.52. The van der Waals surface area contributed by atoms with Crippen molar-refractivity contribution in [3.8, 4) is 0 Å². The molecule has 1 unspecified atom stereocenters. The van der Waals surface area contributed by atoms with Gasteiger partial charge in [0.25, 0.3) is 0 Å². The maximum absolute atomic E-state index is 9.41. The SMILES string of the molecule is CCNC(=NCc1nccn1CCc1ccccc1)NCC1(CCO)CCOC1.I. The third-order valence-electron chi connectivity index (χ3n) is 5.47. The lowest BCUT2D eigenvalue weighted by Gasteiger charge is -2.27. The van der Waals surface area contributed by atoms with E-state index in [4.69, 9.17) is 9.73 Å². The van der Waals surface area contributed by atoms with Gasteiger partial charge in [0.1, 0.15) is 12.4 Å². The maximum atomic E-state index is 9.41. The average Bonchev–Trinajstić information content (AvgIpc) is 3.39. The molecular weight excluding hydrogens is 493 g/mol. The molecule has 0 bridgehead atoms. The van der Waals surface area contributed by atoms with Gasteiger partial charge in [0.15, 0.2) is 5.96 Å². The number of ether oxygens (including phenoxy) is 1. The van der Waals surface area contributed by atoms with Crippen LogP contribution in [0.15, 0.2) is 47.7 Å². The van der Waals surface area contributed by atoms with Crippen LogP contribution in [0.3, 0.4) is 0 Å². The molecule has 2 heterocycles. The van der Waals surface area contributed by atoms with Gasteiger partial charge < -0.3 is 25.0 Å². The number of rotatable bonds is 10. The number of aliphatic hydroxyl groups excluding tert-OH is 1.